The quantitative estimate of drug-likeness (QED) is 0.183. The molecular formula is C40H24BrNS. The van der Waals surface area contributed by atoms with Crippen LogP contribution in [0.2, 0.25) is 0 Å². The Bertz CT molecular complexity index is 2530. The van der Waals surface area contributed by atoms with Crippen LogP contribution in [0.15, 0.2) is 150 Å². The molecule has 0 fully saturated rings. The van der Waals surface area contributed by atoms with Gasteiger partial charge in [0.25, 0.3) is 0 Å². The first kappa shape index (κ1) is 24.9. The number of rotatable bonds is 3. The smallest absolute Gasteiger partial charge is 0.0541 e. The van der Waals surface area contributed by atoms with Gasteiger partial charge in [-0.3, -0.25) is 0 Å². The summed E-state index contributed by atoms with van der Waals surface area (Å²) < 4.78 is 6.14. The summed E-state index contributed by atoms with van der Waals surface area (Å²) in [5, 5.41) is 7.67. The summed E-state index contributed by atoms with van der Waals surface area (Å²) in [5.41, 5.74) is 8.45. The molecule has 0 spiro atoms. The van der Waals surface area contributed by atoms with Crippen molar-refractivity contribution in [3.8, 4) is 27.9 Å². The molecule has 0 saturated carbocycles. The van der Waals surface area contributed by atoms with E-state index in [1.807, 2.05) is 11.3 Å². The lowest BCUT2D eigenvalue weighted by Crippen LogP contribution is -1.93. The van der Waals surface area contributed by atoms with Crippen LogP contribution in [0.1, 0.15) is 0 Å². The van der Waals surface area contributed by atoms with E-state index in [-0.39, 0.29) is 0 Å². The van der Waals surface area contributed by atoms with Crippen molar-refractivity contribution >= 4 is 80.0 Å². The van der Waals surface area contributed by atoms with E-state index in [9.17, 15) is 0 Å². The molecule has 0 radical (unpaired) electrons. The maximum absolute atomic E-state index is 3.83. The van der Waals surface area contributed by atoms with Crippen molar-refractivity contribution in [1.82, 2.24) is 4.57 Å². The van der Waals surface area contributed by atoms with Gasteiger partial charge in [0.2, 0.25) is 0 Å². The molecule has 9 rings (SSSR count). The van der Waals surface area contributed by atoms with Gasteiger partial charge in [-0.15, -0.1) is 11.3 Å². The van der Waals surface area contributed by atoms with E-state index in [0.29, 0.717) is 0 Å². The van der Waals surface area contributed by atoms with Crippen LogP contribution in [-0.4, -0.2) is 4.57 Å². The summed E-state index contributed by atoms with van der Waals surface area (Å²) >= 11 is 5.69. The Hall–Kier alpha value is -4.70. The number of halogens is 1. The predicted molar refractivity (Wildman–Crippen MR) is 190 cm³/mol. The van der Waals surface area contributed by atoms with Crippen molar-refractivity contribution in [1.29, 1.82) is 0 Å². The molecule has 0 amide bonds. The Balaban J connectivity index is 1.20. The number of hydrogen-bond donors (Lipinski definition) is 0. The highest BCUT2D eigenvalue weighted by molar-refractivity contribution is 9.10. The van der Waals surface area contributed by atoms with Crippen LogP contribution in [0.25, 0.3) is 80.7 Å². The van der Waals surface area contributed by atoms with Gasteiger partial charge in [-0.25, -0.2) is 0 Å². The highest BCUT2D eigenvalue weighted by Gasteiger charge is 2.15. The molecule has 0 atom stereocenters. The maximum Gasteiger partial charge on any atom is 0.0541 e. The SMILES string of the molecule is Brc1cc(-c2ccc3sc4ccccc4c3c2)cc(-c2ccc3c(c2)c2ccccc2n3-c2ccc3ccccc3c2)c1. The summed E-state index contributed by atoms with van der Waals surface area (Å²) in [6, 6.07) is 53.3. The number of fused-ring (bicyclic) bond motifs is 7. The van der Waals surface area contributed by atoms with Crippen LogP contribution in [0.5, 0.6) is 0 Å². The molecule has 2 heterocycles. The van der Waals surface area contributed by atoms with Crippen molar-refractivity contribution < 1.29 is 0 Å². The first-order valence-electron chi connectivity index (χ1n) is 14.4. The van der Waals surface area contributed by atoms with E-state index in [0.717, 1.165) is 4.47 Å². The number of aromatic nitrogens is 1. The van der Waals surface area contributed by atoms with Gasteiger partial charge in [0, 0.05) is 41.1 Å². The molecule has 2 aromatic heterocycles. The van der Waals surface area contributed by atoms with Crippen molar-refractivity contribution in [2.45, 2.75) is 0 Å². The van der Waals surface area contributed by atoms with E-state index >= 15 is 0 Å². The molecule has 0 aliphatic heterocycles. The molecule has 43 heavy (non-hydrogen) atoms. The molecule has 0 N–H and O–H groups in total. The molecule has 0 unspecified atom stereocenters. The van der Waals surface area contributed by atoms with Crippen LogP contribution in [0, 0.1) is 0 Å². The standard InChI is InChI=1S/C40H24BrNS/c41-31-20-29(19-30(21-31)28-15-18-40-36(24-28)34-10-4-6-12-39(34)43-40)27-14-17-38-35(23-27)33-9-3-5-11-37(33)42(38)32-16-13-25-7-1-2-8-26(25)22-32/h1-24H. The average Bonchev–Trinajstić information content (AvgIpc) is 3.59. The number of nitrogens with zero attached hydrogens (tertiary/aromatic N) is 1. The van der Waals surface area contributed by atoms with Crippen LogP contribution >= 0.6 is 27.3 Å². The Kier molecular flexibility index (Phi) is 5.59. The monoisotopic (exact) mass is 629 g/mol. The van der Waals surface area contributed by atoms with Crippen LogP contribution in [0.4, 0.5) is 0 Å². The average molecular weight is 631 g/mol. The van der Waals surface area contributed by atoms with E-state index in [2.05, 4.69) is 166 Å². The molecule has 7 aromatic carbocycles. The first-order valence-corrected chi connectivity index (χ1v) is 16.1. The first-order chi connectivity index (χ1) is 21.2. The van der Waals surface area contributed by atoms with Gasteiger partial charge >= 0.3 is 0 Å². The zero-order chi connectivity index (χ0) is 28.5. The summed E-state index contributed by atoms with van der Waals surface area (Å²) in [6.45, 7) is 0. The third-order valence-electron chi connectivity index (χ3n) is 8.60. The molecule has 0 bridgehead atoms. The summed E-state index contributed by atoms with van der Waals surface area (Å²) in [7, 11) is 0. The fraction of sp³-hybridized carbons (Fsp3) is 0. The van der Waals surface area contributed by atoms with Gasteiger partial charge in [0.1, 0.15) is 0 Å². The zero-order valence-electron chi connectivity index (χ0n) is 23.1. The van der Waals surface area contributed by atoms with Gasteiger partial charge in [-0.05, 0) is 99.8 Å². The minimum atomic E-state index is 1.08. The molecule has 0 aliphatic carbocycles. The minimum absolute atomic E-state index is 1.08. The fourth-order valence-electron chi connectivity index (χ4n) is 6.58. The normalized spacial score (nSPS) is 11.8. The topological polar surface area (TPSA) is 4.93 Å². The van der Waals surface area contributed by atoms with Gasteiger partial charge in [-0.1, -0.05) is 94.8 Å². The summed E-state index contributed by atoms with van der Waals surface area (Å²) in [4.78, 5) is 0. The van der Waals surface area contributed by atoms with Gasteiger partial charge in [0.05, 0.1) is 11.0 Å². The van der Waals surface area contributed by atoms with Crippen LogP contribution in [0.3, 0.4) is 0 Å². The summed E-state index contributed by atoms with van der Waals surface area (Å²) in [5.74, 6) is 0. The molecule has 9 aromatic rings. The largest absolute Gasteiger partial charge is 0.309 e. The van der Waals surface area contributed by atoms with Crippen molar-refractivity contribution in [2.75, 3.05) is 0 Å². The number of para-hydroxylation sites is 1. The second kappa shape index (κ2) is 9.67. The molecule has 0 aliphatic rings. The van der Waals surface area contributed by atoms with Gasteiger partial charge < -0.3 is 4.57 Å². The van der Waals surface area contributed by atoms with Gasteiger partial charge in [0.15, 0.2) is 0 Å². The fourth-order valence-corrected chi connectivity index (χ4v) is 8.15. The Morgan fingerprint density at radius 2 is 1.07 bits per heavy atom. The van der Waals surface area contributed by atoms with Crippen LogP contribution < -0.4 is 0 Å². The Labute approximate surface area is 261 Å². The second-order valence-electron chi connectivity index (χ2n) is 11.2. The van der Waals surface area contributed by atoms with Crippen LogP contribution in [-0.2, 0) is 0 Å². The zero-order valence-corrected chi connectivity index (χ0v) is 25.5. The molecule has 1 nitrogen and oxygen atoms in total. The number of benzene rings is 7. The number of thiophene rings is 1. The van der Waals surface area contributed by atoms with Crippen molar-refractivity contribution in [3.05, 3.63) is 150 Å². The van der Waals surface area contributed by atoms with Crippen molar-refractivity contribution in [2.24, 2.45) is 0 Å². The van der Waals surface area contributed by atoms with E-state index in [4.69, 9.17) is 0 Å². The van der Waals surface area contributed by atoms with E-state index < -0.39 is 0 Å². The minimum Gasteiger partial charge on any atom is -0.309 e. The third kappa shape index (κ3) is 4.04. The lowest BCUT2D eigenvalue weighted by atomic mass is 9.97. The highest BCUT2D eigenvalue weighted by atomic mass is 79.9. The third-order valence-corrected chi connectivity index (χ3v) is 10.2. The Morgan fingerprint density at radius 3 is 1.93 bits per heavy atom. The lowest BCUT2D eigenvalue weighted by Gasteiger charge is -2.11. The van der Waals surface area contributed by atoms with E-state index in [1.165, 1.54) is 80.7 Å². The Morgan fingerprint density at radius 1 is 0.419 bits per heavy atom. The highest BCUT2D eigenvalue weighted by Crippen LogP contribution is 2.39. The molecule has 202 valence electrons. The van der Waals surface area contributed by atoms with Gasteiger partial charge in [-0.2, -0.15) is 0 Å². The van der Waals surface area contributed by atoms with E-state index in [1.54, 1.807) is 0 Å². The summed E-state index contributed by atoms with van der Waals surface area (Å²) in [6.07, 6.45) is 0. The van der Waals surface area contributed by atoms with Crippen molar-refractivity contribution in [3.63, 3.8) is 0 Å². The lowest BCUT2D eigenvalue weighted by molar-refractivity contribution is 1.19. The predicted octanol–water partition coefficient (Wildman–Crippen LogP) is 12.4. The molecule has 0 saturated heterocycles. The number of hydrogen-bond acceptors (Lipinski definition) is 1. The maximum atomic E-state index is 3.83. The second-order valence-corrected chi connectivity index (χ2v) is 13.2. The molecule has 3 heteroatoms. The molecular weight excluding hydrogens is 606 g/mol.